The summed E-state index contributed by atoms with van der Waals surface area (Å²) in [4.78, 5) is 4.14. The Labute approximate surface area is 130 Å². The predicted octanol–water partition coefficient (Wildman–Crippen LogP) is 2.13. The number of nitrogens with zero attached hydrogens (tertiary/aromatic N) is 2. The lowest BCUT2D eigenvalue weighted by Crippen LogP contribution is -2.25. The molecule has 0 spiro atoms. The van der Waals surface area contributed by atoms with E-state index in [1.54, 1.807) is 0 Å². The summed E-state index contributed by atoms with van der Waals surface area (Å²) >= 11 is 9.04. The highest BCUT2D eigenvalue weighted by molar-refractivity contribution is 9.10. The molecule has 0 fully saturated rings. The van der Waals surface area contributed by atoms with E-state index in [0.717, 1.165) is 5.82 Å². The zero-order valence-electron chi connectivity index (χ0n) is 10.3. The first-order valence-electron chi connectivity index (χ1n) is 5.78. The summed E-state index contributed by atoms with van der Waals surface area (Å²) in [5.74, 6) is 0.735. The smallest absolute Gasteiger partial charge is 0.240 e. The van der Waals surface area contributed by atoms with Gasteiger partial charge in [0.1, 0.15) is 12.2 Å². The van der Waals surface area contributed by atoms with Crippen LogP contribution in [-0.4, -0.2) is 30.1 Å². The number of benzene rings is 1. The highest BCUT2D eigenvalue weighted by Crippen LogP contribution is 2.25. The average molecular weight is 380 g/mol. The van der Waals surface area contributed by atoms with E-state index in [1.807, 2.05) is 0 Å². The van der Waals surface area contributed by atoms with Gasteiger partial charge in [-0.3, -0.25) is 5.10 Å². The highest BCUT2D eigenvalue weighted by Gasteiger charge is 2.14. The van der Waals surface area contributed by atoms with Crippen molar-refractivity contribution in [2.24, 2.45) is 0 Å². The molecule has 108 valence electrons. The minimum Gasteiger partial charge on any atom is -0.263 e. The maximum Gasteiger partial charge on any atom is 0.240 e. The van der Waals surface area contributed by atoms with Crippen LogP contribution in [-0.2, 0) is 16.4 Å². The number of hydrogen-bond donors (Lipinski definition) is 2. The van der Waals surface area contributed by atoms with Crippen molar-refractivity contribution >= 4 is 37.6 Å². The summed E-state index contributed by atoms with van der Waals surface area (Å²) in [5, 5.41) is 6.91. The molecule has 1 aromatic carbocycles. The molecule has 0 aliphatic carbocycles. The lowest BCUT2D eigenvalue weighted by Gasteiger charge is -2.07. The molecule has 9 heteroatoms. The summed E-state index contributed by atoms with van der Waals surface area (Å²) in [7, 11) is -3.53. The zero-order valence-corrected chi connectivity index (χ0v) is 13.5. The number of rotatable bonds is 6. The van der Waals surface area contributed by atoms with E-state index in [2.05, 4.69) is 35.8 Å². The van der Waals surface area contributed by atoms with E-state index in [4.69, 9.17) is 11.6 Å². The first-order chi connectivity index (χ1) is 9.49. The SMILES string of the molecule is O=S(=O)(NCCCc1ncn[nH]1)c1ccc(Cl)c(Br)c1. The average Bonchev–Trinajstić information content (AvgIpc) is 2.91. The maximum atomic E-state index is 12.0. The summed E-state index contributed by atoms with van der Waals surface area (Å²) in [5.41, 5.74) is 0. The highest BCUT2D eigenvalue weighted by atomic mass is 79.9. The second-order valence-electron chi connectivity index (χ2n) is 4.01. The minimum absolute atomic E-state index is 0.174. The van der Waals surface area contributed by atoms with Crippen molar-refractivity contribution in [2.75, 3.05) is 6.54 Å². The van der Waals surface area contributed by atoms with Crippen LogP contribution in [0.2, 0.25) is 5.02 Å². The third-order valence-corrected chi connectivity index (χ3v) is 5.22. The standard InChI is InChI=1S/C11H12BrClN4O2S/c12-9-6-8(3-4-10(9)13)20(18,19)16-5-1-2-11-14-7-15-17-11/h3-4,6-7,16H,1-2,5H2,(H,14,15,17). The van der Waals surface area contributed by atoms with Gasteiger partial charge in [-0.05, 0) is 40.5 Å². The summed E-state index contributed by atoms with van der Waals surface area (Å²) in [6.45, 7) is 0.323. The number of hydrogen-bond acceptors (Lipinski definition) is 4. The maximum absolute atomic E-state index is 12.0. The summed E-state index contributed by atoms with van der Waals surface area (Å²) < 4.78 is 27.2. The van der Waals surface area contributed by atoms with Crippen LogP contribution < -0.4 is 4.72 Å². The number of nitrogens with one attached hydrogen (secondary N) is 2. The van der Waals surface area contributed by atoms with Crippen LogP contribution in [0.1, 0.15) is 12.2 Å². The Hall–Kier alpha value is -0.960. The molecule has 0 saturated heterocycles. The Bertz CT molecular complexity index is 676. The van der Waals surface area contributed by atoms with Gasteiger partial charge in [-0.25, -0.2) is 18.1 Å². The minimum atomic E-state index is -3.53. The van der Waals surface area contributed by atoms with E-state index < -0.39 is 10.0 Å². The van der Waals surface area contributed by atoms with Crippen LogP contribution in [0.25, 0.3) is 0 Å². The summed E-state index contributed by atoms with van der Waals surface area (Å²) in [6.07, 6.45) is 2.68. The molecule has 20 heavy (non-hydrogen) atoms. The molecule has 2 N–H and O–H groups in total. The van der Waals surface area contributed by atoms with Crippen molar-refractivity contribution in [1.29, 1.82) is 0 Å². The predicted molar refractivity (Wildman–Crippen MR) is 79.0 cm³/mol. The number of aromatic amines is 1. The third-order valence-electron chi connectivity index (χ3n) is 2.55. The quantitative estimate of drug-likeness (QED) is 0.753. The van der Waals surface area contributed by atoms with Crippen molar-refractivity contribution in [2.45, 2.75) is 17.7 Å². The van der Waals surface area contributed by atoms with Crippen LogP contribution in [0.5, 0.6) is 0 Å². The molecule has 2 rings (SSSR count). The molecular formula is C11H12BrClN4O2S. The first-order valence-corrected chi connectivity index (χ1v) is 8.43. The largest absolute Gasteiger partial charge is 0.263 e. The van der Waals surface area contributed by atoms with Crippen molar-refractivity contribution in [3.63, 3.8) is 0 Å². The number of sulfonamides is 1. The van der Waals surface area contributed by atoms with Gasteiger partial charge in [0.25, 0.3) is 0 Å². The lowest BCUT2D eigenvalue weighted by molar-refractivity contribution is 0.578. The fraction of sp³-hybridized carbons (Fsp3) is 0.273. The molecule has 0 amide bonds. The van der Waals surface area contributed by atoms with E-state index >= 15 is 0 Å². The molecule has 2 aromatic rings. The molecule has 1 aromatic heterocycles. The van der Waals surface area contributed by atoms with Gasteiger partial charge < -0.3 is 0 Å². The van der Waals surface area contributed by atoms with Gasteiger partial charge in [-0.2, -0.15) is 5.10 Å². The fourth-order valence-corrected chi connectivity index (χ4v) is 3.29. The molecule has 0 unspecified atom stereocenters. The van der Waals surface area contributed by atoms with Gasteiger partial charge in [0.15, 0.2) is 0 Å². The van der Waals surface area contributed by atoms with E-state index in [-0.39, 0.29) is 4.90 Å². The van der Waals surface area contributed by atoms with Gasteiger partial charge in [-0.1, -0.05) is 11.6 Å². The number of aromatic nitrogens is 3. The normalized spacial score (nSPS) is 11.7. The van der Waals surface area contributed by atoms with Crippen LogP contribution in [0.3, 0.4) is 0 Å². The Morgan fingerprint density at radius 2 is 2.20 bits per heavy atom. The summed E-state index contributed by atoms with van der Waals surface area (Å²) in [6, 6.07) is 4.47. The molecule has 0 bridgehead atoms. The monoisotopic (exact) mass is 378 g/mol. The van der Waals surface area contributed by atoms with Crippen LogP contribution in [0, 0.1) is 0 Å². The number of halogens is 2. The molecule has 0 atom stereocenters. The van der Waals surface area contributed by atoms with Gasteiger partial charge in [0, 0.05) is 17.4 Å². The number of aryl methyl sites for hydroxylation is 1. The van der Waals surface area contributed by atoms with Crippen molar-refractivity contribution < 1.29 is 8.42 Å². The van der Waals surface area contributed by atoms with Crippen LogP contribution in [0.4, 0.5) is 0 Å². The Kier molecular flexibility index (Phi) is 5.14. The first kappa shape index (κ1) is 15.4. The number of H-pyrrole nitrogens is 1. The molecule has 0 aliphatic heterocycles. The molecule has 1 heterocycles. The molecule has 6 nitrogen and oxygen atoms in total. The zero-order chi connectivity index (χ0) is 14.6. The van der Waals surface area contributed by atoms with Crippen molar-refractivity contribution in [3.05, 3.63) is 39.8 Å². The van der Waals surface area contributed by atoms with Gasteiger partial charge in [0.05, 0.1) is 9.92 Å². The lowest BCUT2D eigenvalue weighted by atomic mass is 10.3. The Morgan fingerprint density at radius 1 is 1.40 bits per heavy atom. The Morgan fingerprint density at radius 3 is 2.85 bits per heavy atom. The fourth-order valence-electron chi connectivity index (χ4n) is 1.54. The van der Waals surface area contributed by atoms with Gasteiger partial charge in [0.2, 0.25) is 10.0 Å². The van der Waals surface area contributed by atoms with Gasteiger partial charge in [-0.15, -0.1) is 0 Å². The van der Waals surface area contributed by atoms with Gasteiger partial charge >= 0.3 is 0 Å². The van der Waals surface area contributed by atoms with Crippen LogP contribution >= 0.6 is 27.5 Å². The van der Waals surface area contributed by atoms with Crippen molar-refractivity contribution in [1.82, 2.24) is 19.9 Å². The second-order valence-corrected chi connectivity index (χ2v) is 7.04. The van der Waals surface area contributed by atoms with E-state index in [1.165, 1.54) is 24.5 Å². The Balaban J connectivity index is 1.92. The molecule has 0 radical (unpaired) electrons. The van der Waals surface area contributed by atoms with Crippen LogP contribution in [0.15, 0.2) is 33.9 Å². The molecule has 0 saturated carbocycles. The topological polar surface area (TPSA) is 87.7 Å². The van der Waals surface area contributed by atoms with E-state index in [9.17, 15) is 8.42 Å². The second kappa shape index (κ2) is 6.66. The molecule has 0 aliphatic rings. The third kappa shape index (κ3) is 4.02. The van der Waals surface area contributed by atoms with Crippen molar-refractivity contribution in [3.8, 4) is 0 Å². The van der Waals surface area contributed by atoms with E-state index in [0.29, 0.717) is 28.9 Å². The molecular weight excluding hydrogens is 368 g/mol.